The number of hydrogen-bond acceptors (Lipinski definition) is 6. The van der Waals surface area contributed by atoms with Crippen molar-refractivity contribution >= 4 is 45.9 Å². The summed E-state index contributed by atoms with van der Waals surface area (Å²) in [5, 5.41) is 5.90. The quantitative estimate of drug-likeness (QED) is 0.164. The van der Waals surface area contributed by atoms with Gasteiger partial charge in [0.25, 0.3) is 5.91 Å². The first-order valence-corrected chi connectivity index (χ1v) is 14.8. The van der Waals surface area contributed by atoms with E-state index < -0.39 is 25.5 Å². The second-order valence-electron chi connectivity index (χ2n) is 12.1. The topological polar surface area (TPSA) is 86.6 Å². The number of nitrogens with one attached hydrogen (secondary N) is 2. The zero-order chi connectivity index (χ0) is 33.2. The van der Waals surface area contributed by atoms with Crippen LogP contribution in [0, 0.1) is 11.3 Å². The molecule has 5 rings (SSSR count). The first-order chi connectivity index (χ1) is 21.6. The van der Waals surface area contributed by atoms with Crippen LogP contribution in [0.15, 0.2) is 60.7 Å². The molecule has 1 amide bonds. The Balaban J connectivity index is 1.37. The summed E-state index contributed by atoms with van der Waals surface area (Å²) in [6.45, 7) is 3.23. The van der Waals surface area contributed by atoms with Crippen molar-refractivity contribution < 1.29 is 41.0 Å². The molecule has 8 nitrogen and oxygen atoms in total. The molecule has 3 aromatic carbocycles. The number of aromatic nitrogens is 2. The van der Waals surface area contributed by atoms with Crippen molar-refractivity contribution in [3.05, 3.63) is 65.7 Å². The summed E-state index contributed by atoms with van der Waals surface area (Å²) in [5.74, 6) is 0.227. The SMILES string of the molecule is C[C@@H]1C[C@H](n2c(Nc3ccc(OC(F)(F)F)cc3)nc3cc(OCC(=O)Nc4cc(OC(F)F)ccc4Cl)ccc32)CC(C)(C)C1. The van der Waals surface area contributed by atoms with E-state index in [2.05, 4.69) is 45.4 Å². The van der Waals surface area contributed by atoms with Gasteiger partial charge in [0.1, 0.15) is 17.2 Å². The van der Waals surface area contributed by atoms with E-state index in [1.165, 1.54) is 42.5 Å². The molecule has 0 saturated heterocycles. The molecule has 1 saturated carbocycles. The minimum absolute atomic E-state index is 0.0805. The van der Waals surface area contributed by atoms with Gasteiger partial charge >= 0.3 is 13.0 Å². The highest BCUT2D eigenvalue weighted by atomic mass is 35.5. The largest absolute Gasteiger partial charge is 0.573 e. The molecule has 4 aromatic rings. The van der Waals surface area contributed by atoms with Crippen LogP contribution in [0.5, 0.6) is 17.2 Å². The third kappa shape index (κ3) is 8.51. The van der Waals surface area contributed by atoms with Crippen LogP contribution in [0.25, 0.3) is 11.0 Å². The molecule has 0 radical (unpaired) electrons. The van der Waals surface area contributed by atoms with E-state index in [4.69, 9.17) is 21.3 Å². The third-order valence-electron chi connectivity index (χ3n) is 7.54. The Morgan fingerprint density at radius 1 is 1.04 bits per heavy atom. The molecule has 1 aromatic heterocycles. The van der Waals surface area contributed by atoms with E-state index in [-0.39, 0.29) is 33.7 Å². The number of carbonyl (C=O) groups is 1. The Morgan fingerprint density at radius 2 is 1.74 bits per heavy atom. The van der Waals surface area contributed by atoms with Crippen LogP contribution < -0.4 is 24.8 Å². The Morgan fingerprint density at radius 3 is 2.41 bits per heavy atom. The van der Waals surface area contributed by atoms with E-state index in [0.717, 1.165) is 24.8 Å². The second-order valence-corrected chi connectivity index (χ2v) is 12.5. The number of alkyl halides is 5. The van der Waals surface area contributed by atoms with Crippen LogP contribution in [0.2, 0.25) is 5.02 Å². The van der Waals surface area contributed by atoms with Crippen LogP contribution in [0.3, 0.4) is 0 Å². The van der Waals surface area contributed by atoms with Crippen molar-refractivity contribution in [3.63, 3.8) is 0 Å². The molecule has 14 heteroatoms. The van der Waals surface area contributed by atoms with Crippen molar-refractivity contribution in [1.82, 2.24) is 9.55 Å². The molecule has 1 fully saturated rings. The van der Waals surface area contributed by atoms with Crippen LogP contribution in [-0.4, -0.2) is 35.0 Å². The Bertz CT molecular complexity index is 1690. The van der Waals surface area contributed by atoms with E-state index in [1.54, 1.807) is 12.1 Å². The van der Waals surface area contributed by atoms with Crippen molar-refractivity contribution in [3.8, 4) is 17.2 Å². The molecular weight excluding hydrogens is 635 g/mol. The van der Waals surface area contributed by atoms with E-state index in [9.17, 15) is 26.7 Å². The summed E-state index contributed by atoms with van der Waals surface area (Å²) in [5.41, 5.74) is 2.07. The molecule has 1 heterocycles. The van der Waals surface area contributed by atoms with Gasteiger partial charge in [-0.3, -0.25) is 4.79 Å². The van der Waals surface area contributed by atoms with Gasteiger partial charge in [0.2, 0.25) is 5.95 Å². The third-order valence-corrected chi connectivity index (χ3v) is 7.87. The van der Waals surface area contributed by atoms with Crippen LogP contribution in [0.4, 0.5) is 39.3 Å². The first kappa shape index (κ1) is 33.1. The van der Waals surface area contributed by atoms with Crippen LogP contribution >= 0.6 is 11.6 Å². The summed E-state index contributed by atoms with van der Waals surface area (Å²) in [4.78, 5) is 17.4. The Kier molecular flexibility index (Phi) is 9.52. The van der Waals surface area contributed by atoms with E-state index in [0.29, 0.717) is 28.8 Å². The highest BCUT2D eigenvalue weighted by molar-refractivity contribution is 6.33. The smallest absolute Gasteiger partial charge is 0.484 e. The number of carbonyl (C=O) groups excluding carboxylic acids is 1. The lowest BCUT2D eigenvalue weighted by molar-refractivity contribution is -0.274. The van der Waals surface area contributed by atoms with E-state index in [1.807, 2.05) is 6.07 Å². The number of benzene rings is 3. The van der Waals surface area contributed by atoms with Crippen molar-refractivity contribution in [2.24, 2.45) is 11.3 Å². The lowest BCUT2D eigenvalue weighted by Crippen LogP contribution is -2.29. The molecule has 0 unspecified atom stereocenters. The van der Waals surface area contributed by atoms with Gasteiger partial charge in [0.15, 0.2) is 6.61 Å². The highest BCUT2D eigenvalue weighted by Gasteiger charge is 2.35. The molecule has 2 N–H and O–H groups in total. The monoisotopic (exact) mass is 666 g/mol. The maximum Gasteiger partial charge on any atom is 0.573 e. The molecular formula is C32H32ClF5N4O4. The van der Waals surface area contributed by atoms with Gasteiger partial charge in [-0.1, -0.05) is 32.4 Å². The summed E-state index contributed by atoms with van der Waals surface area (Å²) >= 11 is 6.09. The Labute approximate surface area is 266 Å². The number of hydrogen-bond donors (Lipinski definition) is 2. The zero-order valence-electron chi connectivity index (χ0n) is 25.1. The summed E-state index contributed by atoms with van der Waals surface area (Å²) in [7, 11) is 0. The number of anilines is 3. The molecule has 2 atom stereocenters. The average molecular weight is 667 g/mol. The fourth-order valence-electron chi connectivity index (χ4n) is 6.10. The predicted molar refractivity (Wildman–Crippen MR) is 164 cm³/mol. The van der Waals surface area contributed by atoms with E-state index >= 15 is 0 Å². The molecule has 246 valence electrons. The average Bonchev–Trinajstić information content (AvgIpc) is 3.29. The molecule has 46 heavy (non-hydrogen) atoms. The van der Waals surface area contributed by atoms with Gasteiger partial charge in [0.05, 0.1) is 21.7 Å². The highest BCUT2D eigenvalue weighted by Crippen LogP contribution is 2.46. The van der Waals surface area contributed by atoms with Gasteiger partial charge in [0, 0.05) is 23.9 Å². The van der Waals surface area contributed by atoms with Gasteiger partial charge in [-0.25, -0.2) is 4.98 Å². The number of nitrogens with zero attached hydrogens (tertiary/aromatic N) is 2. The predicted octanol–water partition coefficient (Wildman–Crippen LogP) is 9.34. The summed E-state index contributed by atoms with van der Waals surface area (Å²) in [6.07, 6.45) is -1.92. The van der Waals surface area contributed by atoms with Crippen LogP contribution in [-0.2, 0) is 4.79 Å². The number of amides is 1. The number of halogens is 6. The van der Waals surface area contributed by atoms with Gasteiger partial charge in [-0.2, -0.15) is 8.78 Å². The van der Waals surface area contributed by atoms with Crippen molar-refractivity contribution in [1.29, 1.82) is 0 Å². The fraction of sp³-hybridized carbons (Fsp3) is 0.375. The second kappa shape index (κ2) is 13.2. The number of imidazole rings is 1. The minimum Gasteiger partial charge on any atom is -0.484 e. The molecule has 1 aliphatic rings. The van der Waals surface area contributed by atoms with Crippen molar-refractivity contribution in [2.75, 3.05) is 17.2 Å². The zero-order valence-corrected chi connectivity index (χ0v) is 25.9. The molecule has 0 bridgehead atoms. The molecule has 0 spiro atoms. The number of fused-ring (bicyclic) bond motifs is 1. The van der Waals surface area contributed by atoms with Crippen LogP contribution in [0.1, 0.15) is 46.1 Å². The Hall–Kier alpha value is -4.26. The molecule has 0 aliphatic heterocycles. The summed E-state index contributed by atoms with van der Waals surface area (Å²) in [6, 6.07) is 14.5. The van der Waals surface area contributed by atoms with Crippen molar-refractivity contribution in [2.45, 2.75) is 59.0 Å². The maximum absolute atomic E-state index is 12.6. The minimum atomic E-state index is -4.79. The normalized spacial score (nSPS) is 18.0. The number of rotatable bonds is 10. The summed E-state index contributed by atoms with van der Waals surface area (Å²) < 4.78 is 79.3. The van der Waals surface area contributed by atoms with Gasteiger partial charge in [-0.15, -0.1) is 13.2 Å². The van der Waals surface area contributed by atoms with Gasteiger partial charge in [-0.05, 0) is 79.1 Å². The standard InChI is InChI=1S/C32H32ClF5N4O4/c1-18-12-20(16-31(2,3)15-18)42-27-11-9-22(44-17-28(43)40-25-14-23(45-29(34)35)8-10-24(25)33)13-26(27)41-30(42)39-19-4-6-21(7-5-19)46-32(36,37)38/h4-11,13-14,18,20,29H,12,15-17H2,1-3H3,(H,39,41)(H,40,43)/t18-,20+/m1/s1. The lowest BCUT2D eigenvalue weighted by atomic mass is 9.70. The maximum atomic E-state index is 12.6. The lowest BCUT2D eigenvalue weighted by Gasteiger charge is -2.40. The first-order valence-electron chi connectivity index (χ1n) is 14.5. The molecule has 1 aliphatic carbocycles. The fourth-order valence-corrected chi connectivity index (χ4v) is 6.26. The van der Waals surface area contributed by atoms with Gasteiger partial charge < -0.3 is 29.4 Å². The number of ether oxygens (including phenoxy) is 3.